The molecule has 1 aromatic heterocycles. The molecule has 0 bridgehead atoms. The summed E-state index contributed by atoms with van der Waals surface area (Å²) in [5, 5.41) is 2.58. The summed E-state index contributed by atoms with van der Waals surface area (Å²) in [5.41, 5.74) is 0.664. The van der Waals surface area contributed by atoms with E-state index in [1.54, 1.807) is 18.2 Å². The number of thiophene rings is 1. The Morgan fingerprint density at radius 3 is 2.58 bits per heavy atom. The number of alkyl carbamates (subject to hydrolysis) is 1. The normalized spacial score (nSPS) is 9.95. The van der Waals surface area contributed by atoms with Crippen LogP contribution in [0.5, 0.6) is 0 Å². The van der Waals surface area contributed by atoms with Crippen molar-refractivity contribution < 1.29 is 14.3 Å². The average Bonchev–Trinajstić information content (AvgIpc) is 2.93. The Morgan fingerprint density at radius 2 is 1.89 bits per heavy atom. The number of carbonyl (C=O) groups is 2. The molecule has 0 fully saturated rings. The number of ether oxygens (including phenoxy) is 1. The lowest BCUT2D eigenvalue weighted by Crippen LogP contribution is -2.21. The van der Waals surface area contributed by atoms with Crippen molar-refractivity contribution in [1.82, 2.24) is 5.32 Å². The van der Waals surface area contributed by atoms with Crippen molar-refractivity contribution in [3.8, 4) is 0 Å². The van der Waals surface area contributed by atoms with Crippen LogP contribution in [0.2, 0.25) is 0 Å². The maximum atomic E-state index is 12.2. The molecule has 0 saturated carbocycles. The summed E-state index contributed by atoms with van der Waals surface area (Å²) in [4.78, 5) is 24.7. The fourth-order valence-electron chi connectivity index (χ4n) is 1.56. The van der Waals surface area contributed by atoms with E-state index in [9.17, 15) is 9.59 Å². The summed E-state index contributed by atoms with van der Waals surface area (Å²) in [6.07, 6.45) is -0.482. The van der Waals surface area contributed by atoms with Gasteiger partial charge in [0.05, 0.1) is 18.5 Å². The van der Waals surface area contributed by atoms with Gasteiger partial charge in [0.2, 0.25) is 5.78 Å². The quantitative estimate of drug-likeness (QED) is 0.873. The van der Waals surface area contributed by atoms with Crippen molar-refractivity contribution >= 4 is 23.2 Å². The fraction of sp³-hybridized carbons (Fsp3) is 0.143. The van der Waals surface area contributed by atoms with E-state index in [4.69, 9.17) is 0 Å². The number of carbonyl (C=O) groups excluding carboxylic acids is 2. The van der Waals surface area contributed by atoms with Crippen LogP contribution in [0.15, 0.2) is 42.5 Å². The molecule has 19 heavy (non-hydrogen) atoms. The highest BCUT2D eigenvalue weighted by atomic mass is 32.1. The molecule has 1 aromatic carbocycles. The van der Waals surface area contributed by atoms with Crippen molar-refractivity contribution in [1.29, 1.82) is 0 Å². The van der Waals surface area contributed by atoms with Crippen molar-refractivity contribution in [3.63, 3.8) is 0 Å². The molecule has 0 aliphatic heterocycles. The van der Waals surface area contributed by atoms with Gasteiger partial charge in [-0.25, -0.2) is 4.79 Å². The van der Waals surface area contributed by atoms with E-state index in [0.29, 0.717) is 17.0 Å². The van der Waals surface area contributed by atoms with Gasteiger partial charge in [-0.05, 0) is 12.1 Å². The third-order valence-electron chi connectivity index (χ3n) is 2.51. The zero-order valence-electron chi connectivity index (χ0n) is 10.4. The van der Waals surface area contributed by atoms with E-state index >= 15 is 0 Å². The molecule has 1 heterocycles. The van der Waals surface area contributed by atoms with Gasteiger partial charge in [0.15, 0.2) is 0 Å². The molecular formula is C14H13NO3S. The summed E-state index contributed by atoms with van der Waals surface area (Å²) in [6, 6.07) is 12.7. The van der Waals surface area contributed by atoms with Crippen LogP contribution in [-0.2, 0) is 11.3 Å². The highest BCUT2D eigenvalue weighted by molar-refractivity contribution is 7.14. The van der Waals surface area contributed by atoms with Crippen molar-refractivity contribution in [2.45, 2.75) is 6.54 Å². The molecule has 1 N–H and O–H groups in total. The molecule has 0 aliphatic carbocycles. The molecule has 0 aliphatic rings. The molecule has 4 nitrogen and oxygen atoms in total. The van der Waals surface area contributed by atoms with Gasteiger partial charge in [-0.3, -0.25) is 4.79 Å². The van der Waals surface area contributed by atoms with E-state index in [2.05, 4.69) is 10.1 Å². The predicted molar refractivity (Wildman–Crippen MR) is 73.4 cm³/mol. The lowest BCUT2D eigenvalue weighted by Gasteiger charge is -2.00. The third kappa shape index (κ3) is 3.42. The summed E-state index contributed by atoms with van der Waals surface area (Å²) < 4.78 is 4.48. The second kappa shape index (κ2) is 6.15. The van der Waals surface area contributed by atoms with Crippen molar-refractivity contribution in [2.75, 3.05) is 7.11 Å². The molecule has 0 spiro atoms. The number of hydrogen-bond acceptors (Lipinski definition) is 4. The SMILES string of the molecule is COC(=O)NCc1ccc(C(=O)c2ccccc2)s1. The van der Waals surface area contributed by atoms with Gasteiger partial charge in [0, 0.05) is 10.4 Å². The van der Waals surface area contributed by atoms with E-state index in [0.717, 1.165) is 4.88 Å². The number of methoxy groups -OCH3 is 1. The average molecular weight is 275 g/mol. The number of benzene rings is 1. The van der Waals surface area contributed by atoms with Crippen LogP contribution < -0.4 is 5.32 Å². The Balaban J connectivity index is 2.05. The molecule has 0 atom stereocenters. The largest absolute Gasteiger partial charge is 0.453 e. The molecular weight excluding hydrogens is 262 g/mol. The van der Waals surface area contributed by atoms with Gasteiger partial charge >= 0.3 is 6.09 Å². The number of ketones is 1. The molecule has 2 rings (SSSR count). The number of rotatable bonds is 4. The molecule has 1 amide bonds. The predicted octanol–water partition coefficient (Wildman–Crippen LogP) is 2.84. The van der Waals surface area contributed by atoms with Crippen LogP contribution >= 0.6 is 11.3 Å². The first-order valence-corrected chi connectivity index (χ1v) is 6.52. The Kier molecular flexibility index (Phi) is 4.30. The monoisotopic (exact) mass is 275 g/mol. The van der Waals surface area contributed by atoms with Gasteiger partial charge in [-0.15, -0.1) is 11.3 Å². The number of hydrogen-bond donors (Lipinski definition) is 1. The van der Waals surface area contributed by atoms with Gasteiger partial charge in [-0.2, -0.15) is 0 Å². The van der Waals surface area contributed by atoms with E-state index < -0.39 is 6.09 Å². The highest BCUT2D eigenvalue weighted by Crippen LogP contribution is 2.20. The van der Waals surface area contributed by atoms with E-state index in [-0.39, 0.29) is 5.78 Å². The molecule has 0 saturated heterocycles. The number of nitrogens with one attached hydrogen (secondary N) is 1. The van der Waals surface area contributed by atoms with Crippen LogP contribution in [0.4, 0.5) is 4.79 Å². The van der Waals surface area contributed by atoms with Crippen molar-refractivity contribution in [3.05, 3.63) is 57.8 Å². The van der Waals surface area contributed by atoms with Crippen molar-refractivity contribution in [2.24, 2.45) is 0 Å². The standard InChI is InChI=1S/C14H13NO3S/c1-18-14(17)15-9-11-7-8-12(19-11)13(16)10-5-3-2-4-6-10/h2-8H,9H2,1H3,(H,15,17). The molecule has 5 heteroatoms. The Hall–Kier alpha value is -2.14. The lowest BCUT2D eigenvalue weighted by molar-refractivity contribution is 0.104. The summed E-state index contributed by atoms with van der Waals surface area (Å²) >= 11 is 1.37. The summed E-state index contributed by atoms with van der Waals surface area (Å²) in [6.45, 7) is 0.361. The highest BCUT2D eigenvalue weighted by Gasteiger charge is 2.11. The van der Waals surface area contributed by atoms with Crippen LogP contribution in [0.25, 0.3) is 0 Å². The Bertz CT molecular complexity index is 577. The Labute approximate surface area is 115 Å². The van der Waals surface area contributed by atoms with Gasteiger partial charge in [0.1, 0.15) is 0 Å². The second-order valence-corrected chi connectivity index (χ2v) is 4.97. The molecule has 0 unspecified atom stereocenters. The minimum atomic E-state index is -0.482. The van der Waals surface area contributed by atoms with Crippen LogP contribution in [0, 0.1) is 0 Å². The minimum absolute atomic E-state index is 0.00471. The second-order valence-electron chi connectivity index (χ2n) is 3.81. The first-order valence-electron chi connectivity index (χ1n) is 5.71. The van der Waals surface area contributed by atoms with Crippen LogP contribution in [0.3, 0.4) is 0 Å². The van der Waals surface area contributed by atoms with Gasteiger partial charge in [0.25, 0.3) is 0 Å². The smallest absolute Gasteiger partial charge is 0.407 e. The minimum Gasteiger partial charge on any atom is -0.453 e. The Morgan fingerprint density at radius 1 is 1.16 bits per heavy atom. The lowest BCUT2D eigenvalue weighted by atomic mass is 10.1. The first-order chi connectivity index (χ1) is 9.20. The van der Waals surface area contributed by atoms with Crippen LogP contribution in [-0.4, -0.2) is 19.0 Å². The number of amides is 1. The first kappa shape index (κ1) is 13.3. The fourth-order valence-corrected chi connectivity index (χ4v) is 2.47. The zero-order valence-corrected chi connectivity index (χ0v) is 11.2. The van der Waals surface area contributed by atoms with E-state index in [1.807, 2.05) is 24.3 Å². The van der Waals surface area contributed by atoms with Gasteiger partial charge < -0.3 is 10.1 Å². The van der Waals surface area contributed by atoms with Gasteiger partial charge in [-0.1, -0.05) is 30.3 Å². The molecule has 98 valence electrons. The molecule has 2 aromatic rings. The maximum Gasteiger partial charge on any atom is 0.407 e. The van der Waals surface area contributed by atoms with Crippen LogP contribution in [0.1, 0.15) is 20.1 Å². The third-order valence-corrected chi connectivity index (χ3v) is 3.60. The zero-order chi connectivity index (χ0) is 13.7. The van der Waals surface area contributed by atoms with E-state index in [1.165, 1.54) is 18.4 Å². The molecule has 0 radical (unpaired) electrons. The summed E-state index contributed by atoms with van der Waals surface area (Å²) in [5.74, 6) is -0.00471. The maximum absolute atomic E-state index is 12.2. The topological polar surface area (TPSA) is 55.4 Å². The summed E-state index contributed by atoms with van der Waals surface area (Å²) in [7, 11) is 1.31.